The lowest BCUT2D eigenvalue weighted by Gasteiger charge is -2.09. The summed E-state index contributed by atoms with van der Waals surface area (Å²) in [6.07, 6.45) is 1.55. The molecule has 0 atom stereocenters. The van der Waals surface area contributed by atoms with Crippen molar-refractivity contribution in [2.45, 2.75) is 13.0 Å². The highest BCUT2D eigenvalue weighted by Gasteiger charge is 2.15. The highest BCUT2D eigenvalue weighted by atomic mass is 16.3. The Morgan fingerprint density at radius 1 is 0.846 bits per heavy atom. The summed E-state index contributed by atoms with van der Waals surface area (Å²) in [6, 6.07) is 16.7. The number of fused-ring (bicyclic) bond motifs is 1. The number of hydrogen-bond donors (Lipinski definition) is 3. The molecule has 0 unspecified atom stereocenters. The quantitative estimate of drug-likeness (QED) is 0.489. The minimum absolute atomic E-state index is 0.0790. The Balaban J connectivity index is 1.50. The van der Waals surface area contributed by atoms with Gasteiger partial charge in [0.2, 0.25) is 5.91 Å². The summed E-state index contributed by atoms with van der Waals surface area (Å²) in [5, 5.41) is 4.38. The summed E-state index contributed by atoms with van der Waals surface area (Å²) >= 11 is 0. The molecule has 3 N–H and O–H groups in total. The summed E-state index contributed by atoms with van der Waals surface area (Å²) in [5.74, 6) is -1.73. The van der Waals surface area contributed by atoms with Gasteiger partial charge < -0.3 is 9.73 Å². The molecule has 132 valence electrons. The first-order valence-corrected chi connectivity index (χ1v) is 7.99. The summed E-state index contributed by atoms with van der Waals surface area (Å²) in [5.41, 5.74) is 5.18. The molecule has 0 saturated heterocycles. The third-order valence-electron chi connectivity index (χ3n) is 3.76. The van der Waals surface area contributed by atoms with Gasteiger partial charge in [-0.2, -0.15) is 0 Å². The maximum atomic E-state index is 12.1. The number of carbonyl (C=O) groups is 3. The Bertz CT molecular complexity index is 930. The van der Waals surface area contributed by atoms with E-state index in [2.05, 4.69) is 16.2 Å². The van der Waals surface area contributed by atoms with E-state index >= 15 is 0 Å². The largest absolute Gasteiger partial charge is 0.467 e. The van der Waals surface area contributed by atoms with E-state index < -0.39 is 17.7 Å². The van der Waals surface area contributed by atoms with Crippen LogP contribution in [0.15, 0.2) is 65.3 Å². The number of benzene rings is 2. The van der Waals surface area contributed by atoms with Gasteiger partial charge in [-0.15, -0.1) is 0 Å². The monoisotopic (exact) mass is 351 g/mol. The zero-order valence-corrected chi connectivity index (χ0v) is 13.8. The molecule has 7 nitrogen and oxygen atoms in total. The standard InChI is InChI=1S/C19H17N3O4/c23-17(11-14-7-3-6-13-5-1-2-9-16(13)14)21-22-19(25)18(24)20-12-15-8-4-10-26-15/h1-10H,11-12H2,(H,20,24)(H,21,23)(H,22,25). The fraction of sp³-hybridized carbons (Fsp3) is 0.105. The maximum absolute atomic E-state index is 12.1. The fourth-order valence-electron chi connectivity index (χ4n) is 2.51. The smallest absolute Gasteiger partial charge is 0.327 e. The summed E-state index contributed by atoms with van der Waals surface area (Å²) in [4.78, 5) is 35.4. The van der Waals surface area contributed by atoms with Crippen LogP contribution in [0.4, 0.5) is 0 Å². The van der Waals surface area contributed by atoms with Crippen LogP contribution in [0.5, 0.6) is 0 Å². The van der Waals surface area contributed by atoms with E-state index in [1.165, 1.54) is 6.26 Å². The van der Waals surface area contributed by atoms with Gasteiger partial charge in [-0.3, -0.25) is 25.2 Å². The first kappa shape index (κ1) is 17.2. The van der Waals surface area contributed by atoms with Crippen molar-refractivity contribution < 1.29 is 18.8 Å². The SMILES string of the molecule is O=C(Cc1cccc2ccccc12)NNC(=O)C(=O)NCc1ccco1. The van der Waals surface area contributed by atoms with Gasteiger partial charge in [0.1, 0.15) is 5.76 Å². The lowest BCUT2D eigenvalue weighted by Crippen LogP contribution is -2.48. The number of hydrogen-bond acceptors (Lipinski definition) is 4. The van der Waals surface area contributed by atoms with Crippen LogP contribution >= 0.6 is 0 Å². The lowest BCUT2D eigenvalue weighted by molar-refractivity contribution is -0.141. The van der Waals surface area contributed by atoms with Crippen molar-refractivity contribution in [3.05, 3.63) is 72.2 Å². The van der Waals surface area contributed by atoms with Gasteiger partial charge >= 0.3 is 11.8 Å². The van der Waals surface area contributed by atoms with Crippen molar-refractivity contribution in [1.82, 2.24) is 16.2 Å². The fourth-order valence-corrected chi connectivity index (χ4v) is 2.51. The van der Waals surface area contributed by atoms with Gasteiger partial charge in [-0.25, -0.2) is 0 Å². The van der Waals surface area contributed by atoms with Gasteiger partial charge in [-0.1, -0.05) is 42.5 Å². The van der Waals surface area contributed by atoms with Crippen LogP contribution in [0, 0.1) is 0 Å². The molecule has 2 aromatic carbocycles. The lowest BCUT2D eigenvalue weighted by atomic mass is 10.0. The molecular formula is C19H17N3O4. The second-order valence-electron chi connectivity index (χ2n) is 5.58. The van der Waals surface area contributed by atoms with Gasteiger partial charge in [0.25, 0.3) is 0 Å². The number of hydrazine groups is 1. The first-order chi connectivity index (χ1) is 12.6. The van der Waals surface area contributed by atoms with E-state index in [0.717, 1.165) is 16.3 Å². The summed E-state index contributed by atoms with van der Waals surface area (Å²) < 4.78 is 5.05. The third-order valence-corrected chi connectivity index (χ3v) is 3.76. The normalized spacial score (nSPS) is 10.3. The van der Waals surface area contributed by atoms with Gasteiger partial charge in [0.15, 0.2) is 0 Å². The molecule has 3 rings (SSSR count). The molecule has 1 heterocycles. The van der Waals surface area contributed by atoms with E-state index in [-0.39, 0.29) is 13.0 Å². The number of rotatable bonds is 4. The third kappa shape index (κ3) is 4.27. The topological polar surface area (TPSA) is 100 Å². The zero-order chi connectivity index (χ0) is 18.4. The second kappa shape index (κ2) is 7.98. The van der Waals surface area contributed by atoms with E-state index in [0.29, 0.717) is 5.76 Å². The Labute approximate surface area is 149 Å². The van der Waals surface area contributed by atoms with E-state index in [1.54, 1.807) is 12.1 Å². The molecular weight excluding hydrogens is 334 g/mol. The van der Waals surface area contributed by atoms with Crippen molar-refractivity contribution in [3.8, 4) is 0 Å². The Morgan fingerprint density at radius 2 is 1.65 bits per heavy atom. The molecule has 26 heavy (non-hydrogen) atoms. The number of furan rings is 1. The van der Waals surface area contributed by atoms with E-state index in [1.807, 2.05) is 42.5 Å². The van der Waals surface area contributed by atoms with Crippen LogP contribution in [0.2, 0.25) is 0 Å². The average molecular weight is 351 g/mol. The molecule has 0 aliphatic carbocycles. The van der Waals surface area contributed by atoms with Crippen molar-refractivity contribution in [2.24, 2.45) is 0 Å². The highest BCUT2D eigenvalue weighted by molar-refractivity contribution is 6.35. The van der Waals surface area contributed by atoms with Gasteiger partial charge in [0.05, 0.1) is 19.2 Å². The molecule has 0 fully saturated rings. The van der Waals surface area contributed by atoms with Crippen molar-refractivity contribution >= 4 is 28.5 Å². The average Bonchev–Trinajstić information content (AvgIpc) is 3.18. The highest BCUT2D eigenvalue weighted by Crippen LogP contribution is 2.18. The van der Waals surface area contributed by atoms with E-state index in [9.17, 15) is 14.4 Å². The van der Waals surface area contributed by atoms with Crippen molar-refractivity contribution in [3.63, 3.8) is 0 Å². The molecule has 0 aliphatic heterocycles. The maximum Gasteiger partial charge on any atom is 0.327 e. The number of nitrogens with one attached hydrogen (secondary N) is 3. The summed E-state index contributed by atoms with van der Waals surface area (Å²) in [7, 11) is 0. The minimum atomic E-state index is -0.956. The first-order valence-electron chi connectivity index (χ1n) is 7.99. The van der Waals surface area contributed by atoms with Crippen LogP contribution in [0.1, 0.15) is 11.3 Å². The van der Waals surface area contributed by atoms with Crippen LogP contribution in [0.3, 0.4) is 0 Å². The summed E-state index contributed by atoms with van der Waals surface area (Å²) in [6.45, 7) is 0.0865. The molecule has 3 aromatic rings. The molecule has 0 saturated carbocycles. The molecule has 1 aromatic heterocycles. The molecule has 0 radical (unpaired) electrons. The van der Waals surface area contributed by atoms with Crippen molar-refractivity contribution in [1.29, 1.82) is 0 Å². The molecule has 0 bridgehead atoms. The zero-order valence-electron chi connectivity index (χ0n) is 13.8. The predicted molar refractivity (Wildman–Crippen MR) is 94.5 cm³/mol. The Morgan fingerprint density at radius 3 is 2.46 bits per heavy atom. The molecule has 3 amide bonds. The molecule has 7 heteroatoms. The Kier molecular flexibility index (Phi) is 5.28. The molecule has 0 aliphatic rings. The number of carbonyl (C=O) groups excluding carboxylic acids is 3. The van der Waals surface area contributed by atoms with Crippen LogP contribution in [0.25, 0.3) is 10.8 Å². The Hall–Kier alpha value is -3.61. The van der Waals surface area contributed by atoms with Gasteiger partial charge in [-0.05, 0) is 28.5 Å². The second-order valence-corrected chi connectivity index (χ2v) is 5.58. The van der Waals surface area contributed by atoms with Crippen LogP contribution in [-0.4, -0.2) is 17.7 Å². The van der Waals surface area contributed by atoms with Gasteiger partial charge in [0, 0.05) is 0 Å². The van der Waals surface area contributed by atoms with Crippen LogP contribution < -0.4 is 16.2 Å². The predicted octanol–water partition coefficient (Wildman–Crippen LogP) is 1.44. The van der Waals surface area contributed by atoms with Crippen LogP contribution in [-0.2, 0) is 27.3 Å². The van der Waals surface area contributed by atoms with E-state index in [4.69, 9.17) is 4.42 Å². The number of amides is 3. The van der Waals surface area contributed by atoms with Crippen molar-refractivity contribution in [2.75, 3.05) is 0 Å². The minimum Gasteiger partial charge on any atom is -0.467 e. The molecule has 0 spiro atoms.